The van der Waals surface area contributed by atoms with Crippen LogP contribution in [0, 0.1) is 0 Å². The predicted octanol–water partition coefficient (Wildman–Crippen LogP) is 9.50. The smallest absolute Gasteiger partial charge is 0.208 e. The van der Waals surface area contributed by atoms with E-state index in [9.17, 15) is 0 Å². The zero-order valence-electron chi connectivity index (χ0n) is 27.4. The maximum Gasteiger partial charge on any atom is 0.226 e. The Morgan fingerprint density at radius 3 is 2.00 bits per heavy atom. The van der Waals surface area contributed by atoms with Gasteiger partial charge in [-0.2, -0.15) is 9.97 Å². The molecule has 0 amide bonds. The lowest BCUT2D eigenvalue weighted by atomic mass is 9.97. The van der Waals surface area contributed by atoms with Gasteiger partial charge in [0.15, 0.2) is 11.6 Å². The van der Waals surface area contributed by atoms with Gasteiger partial charge in [-0.05, 0) is 67.5 Å². The minimum absolute atomic E-state index is 0.0145. The van der Waals surface area contributed by atoms with E-state index in [1.807, 2.05) is 60.7 Å². The van der Waals surface area contributed by atoms with E-state index in [1.54, 1.807) is 18.2 Å². The Hall–Kier alpha value is -4.86. The minimum atomic E-state index is -0.142. The quantitative estimate of drug-likeness (QED) is 0.229. The Morgan fingerprint density at radius 2 is 1.15 bits per heavy atom. The van der Waals surface area contributed by atoms with Gasteiger partial charge in [0.05, 0.1) is 9.60 Å². The molecule has 0 atom stereocenters. The summed E-state index contributed by atoms with van der Waals surface area (Å²) in [5.74, 6) is 0.412. The molecular formula is C35H22ClN3. The third kappa shape index (κ3) is 4.54. The number of rotatable bonds is 4. The highest BCUT2D eigenvalue weighted by Gasteiger charge is 2.12. The van der Waals surface area contributed by atoms with Crippen molar-refractivity contribution in [3.8, 4) is 45.0 Å². The molecule has 0 saturated heterocycles. The van der Waals surface area contributed by atoms with Crippen LogP contribution in [0.5, 0.6) is 0 Å². The van der Waals surface area contributed by atoms with Crippen LogP contribution in [0.4, 0.5) is 0 Å². The molecule has 0 fully saturated rings. The van der Waals surface area contributed by atoms with Crippen LogP contribution < -0.4 is 0 Å². The molecule has 0 aliphatic carbocycles. The van der Waals surface area contributed by atoms with Crippen LogP contribution >= 0.6 is 11.6 Å². The average Bonchev–Trinajstić information content (AvgIpc) is 3.02. The van der Waals surface area contributed by atoms with Gasteiger partial charge in [0.25, 0.3) is 0 Å². The zero-order chi connectivity index (χ0) is 32.3. The molecule has 1 heterocycles. The topological polar surface area (TPSA) is 38.7 Å². The molecule has 7 rings (SSSR count). The number of fused-ring (bicyclic) bond motifs is 2. The molecule has 0 N–H and O–H groups in total. The van der Waals surface area contributed by atoms with E-state index in [4.69, 9.17) is 21.2 Å². The molecule has 0 bridgehead atoms. The highest BCUT2D eigenvalue weighted by molar-refractivity contribution is 6.28. The second kappa shape index (κ2) is 9.79. The van der Waals surface area contributed by atoms with Crippen molar-refractivity contribution in [3.05, 3.63) is 139 Å². The summed E-state index contributed by atoms with van der Waals surface area (Å²) in [7, 11) is 0. The molecule has 1 aromatic heterocycles. The highest BCUT2D eigenvalue weighted by Crippen LogP contribution is 2.31. The molecule has 0 unspecified atom stereocenters. The molecule has 0 radical (unpaired) electrons. The number of halogens is 1. The van der Waals surface area contributed by atoms with E-state index in [2.05, 4.69) is 15.0 Å². The molecule has 6 aromatic carbocycles. The summed E-state index contributed by atoms with van der Waals surface area (Å²) in [5, 5.41) is 3.17. The summed E-state index contributed by atoms with van der Waals surface area (Å²) >= 11 is 6.36. The summed E-state index contributed by atoms with van der Waals surface area (Å²) < 4.78 is 58.9. The number of aromatic nitrogens is 3. The Kier molecular flexibility index (Phi) is 4.23. The van der Waals surface area contributed by atoms with Crippen LogP contribution in [0.2, 0.25) is 5.28 Å². The summed E-state index contributed by atoms with van der Waals surface area (Å²) in [6.07, 6.45) is 0. The monoisotopic (exact) mass is 526 g/mol. The van der Waals surface area contributed by atoms with Crippen LogP contribution in [-0.4, -0.2) is 15.0 Å². The van der Waals surface area contributed by atoms with Crippen molar-refractivity contribution in [2.45, 2.75) is 0 Å². The van der Waals surface area contributed by atoms with Gasteiger partial charge in [-0.15, -0.1) is 0 Å². The second-order valence-electron chi connectivity index (χ2n) is 8.93. The number of hydrogen-bond acceptors (Lipinski definition) is 3. The zero-order valence-corrected chi connectivity index (χ0v) is 21.1. The molecule has 7 aromatic rings. The first-order valence-electron chi connectivity index (χ1n) is 15.7. The lowest BCUT2D eigenvalue weighted by molar-refractivity contribution is 1.07. The fourth-order valence-electron chi connectivity index (χ4n) is 4.59. The summed E-state index contributed by atoms with van der Waals surface area (Å²) in [4.78, 5) is 13.2. The maximum absolute atomic E-state index is 8.87. The van der Waals surface area contributed by atoms with Crippen LogP contribution in [0.1, 0.15) is 9.60 Å². The normalized spacial score (nSPS) is 13.7. The fourth-order valence-corrected chi connectivity index (χ4v) is 4.75. The van der Waals surface area contributed by atoms with Crippen molar-refractivity contribution >= 4 is 33.1 Å². The summed E-state index contributed by atoms with van der Waals surface area (Å²) in [6, 6.07) is 26.5. The van der Waals surface area contributed by atoms with Crippen LogP contribution in [0.3, 0.4) is 0 Å². The third-order valence-corrected chi connectivity index (χ3v) is 6.68. The van der Waals surface area contributed by atoms with Crippen LogP contribution in [-0.2, 0) is 0 Å². The van der Waals surface area contributed by atoms with Crippen molar-refractivity contribution in [2.75, 3.05) is 0 Å². The van der Waals surface area contributed by atoms with Gasteiger partial charge < -0.3 is 0 Å². The van der Waals surface area contributed by atoms with Gasteiger partial charge in [0.1, 0.15) is 0 Å². The third-order valence-electron chi connectivity index (χ3n) is 6.51. The number of benzene rings is 6. The van der Waals surface area contributed by atoms with Crippen molar-refractivity contribution in [1.29, 1.82) is 0 Å². The Bertz CT molecular complexity index is 2360. The number of nitrogens with zero attached hydrogens (tertiary/aromatic N) is 3. The van der Waals surface area contributed by atoms with Gasteiger partial charge in [-0.3, -0.25) is 0 Å². The van der Waals surface area contributed by atoms with Crippen molar-refractivity contribution in [1.82, 2.24) is 15.0 Å². The molecule has 0 saturated carbocycles. The lowest BCUT2D eigenvalue weighted by Crippen LogP contribution is -1.97. The van der Waals surface area contributed by atoms with Gasteiger partial charge >= 0.3 is 0 Å². The van der Waals surface area contributed by atoms with E-state index in [1.165, 1.54) is 12.1 Å². The summed E-state index contributed by atoms with van der Waals surface area (Å²) in [5.41, 5.74) is 2.88. The second-order valence-corrected chi connectivity index (χ2v) is 9.27. The van der Waals surface area contributed by atoms with Gasteiger partial charge in [0, 0.05) is 11.1 Å². The van der Waals surface area contributed by atoms with Gasteiger partial charge in [-0.1, -0.05) is 121 Å². The fraction of sp³-hybridized carbons (Fsp3) is 0. The Morgan fingerprint density at radius 1 is 0.487 bits per heavy atom. The first kappa shape index (κ1) is 16.9. The largest absolute Gasteiger partial charge is 0.226 e. The Labute approximate surface area is 241 Å². The SMILES string of the molecule is [2H]c1cc([2H])c(-c2ccc3cc(-c4nc(Cl)nc(-c5ccc(-c6c([2H])c([2H])cc7ccccc67)c([2H])c5[2H])n4)ccc3c2)c([2H])c1. The predicted molar refractivity (Wildman–Crippen MR) is 162 cm³/mol. The van der Waals surface area contributed by atoms with E-state index in [0.29, 0.717) is 27.8 Å². The molecule has 4 heteroatoms. The maximum atomic E-state index is 8.87. The lowest BCUT2D eigenvalue weighted by Gasteiger charge is -2.09. The molecule has 3 nitrogen and oxygen atoms in total. The van der Waals surface area contributed by atoms with E-state index < -0.39 is 0 Å². The molecule has 39 heavy (non-hydrogen) atoms. The molecular weight excluding hydrogens is 498 g/mol. The van der Waals surface area contributed by atoms with E-state index in [0.717, 1.165) is 21.5 Å². The molecule has 0 spiro atoms. The van der Waals surface area contributed by atoms with Crippen molar-refractivity contribution in [3.63, 3.8) is 0 Å². The summed E-state index contributed by atoms with van der Waals surface area (Å²) in [6.45, 7) is 0. The van der Waals surface area contributed by atoms with Gasteiger partial charge in [0.2, 0.25) is 5.28 Å². The minimum Gasteiger partial charge on any atom is -0.208 e. The van der Waals surface area contributed by atoms with Crippen LogP contribution in [0.15, 0.2) is 133 Å². The first-order chi connectivity index (χ1) is 22.1. The molecule has 0 aliphatic rings. The highest BCUT2D eigenvalue weighted by atomic mass is 35.5. The van der Waals surface area contributed by atoms with Crippen LogP contribution in [0.25, 0.3) is 66.6 Å². The van der Waals surface area contributed by atoms with Gasteiger partial charge in [-0.25, -0.2) is 4.98 Å². The van der Waals surface area contributed by atoms with E-state index >= 15 is 0 Å². The average molecular weight is 527 g/mol. The van der Waals surface area contributed by atoms with Crippen molar-refractivity contribution < 1.29 is 9.60 Å². The Balaban J connectivity index is 1.28. The molecule has 184 valence electrons. The van der Waals surface area contributed by atoms with Crippen molar-refractivity contribution in [2.24, 2.45) is 0 Å². The molecule has 0 aliphatic heterocycles. The van der Waals surface area contributed by atoms with E-state index in [-0.39, 0.29) is 64.8 Å². The number of hydrogen-bond donors (Lipinski definition) is 0. The first-order valence-corrected chi connectivity index (χ1v) is 12.6. The standard InChI is InChI=1S/C35H22ClN3/c36-35-38-33(26-15-13-25(14-16-26)32-12-6-10-24-9-4-5-11-31(24)32)37-34(39-35)30-20-19-28-21-27(17-18-29(28)22-30)23-7-2-1-3-8-23/h1-22H/i1D,6D,7D,8D,12D,13D,15D.